The van der Waals surface area contributed by atoms with Crippen molar-refractivity contribution >= 4 is 55.4 Å². The maximum absolute atomic E-state index is 6.40. The van der Waals surface area contributed by atoms with Gasteiger partial charge in [-0.25, -0.2) is 4.99 Å². The minimum absolute atomic E-state index is 0.184. The summed E-state index contributed by atoms with van der Waals surface area (Å²) in [7, 11) is 0. The highest BCUT2D eigenvalue weighted by Crippen LogP contribution is 2.36. The number of anilines is 1. The quantitative estimate of drug-likeness (QED) is 0.188. The lowest BCUT2D eigenvalue weighted by Gasteiger charge is -2.33. The number of hydrogen-bond donors (Lipinski definition) is 3. The molecule has 0 fully saturated rings. The zero-order valence-electron chi connectivity index (χ0n) is 24.2. The third-order valence-electron chi connectivity index (χ3n) is 8.56. The summed E-state index contributed by atoms with van der Waals surface area (Å²) in [5, 5.41) is 15.4. The molecule has 2 unspecified atom stereocenters. The number of nitrogens with one attached hydrogen (secondary N) is 3. The maximum atomic E-state index is 6.40. The first-order valence-corrected chi connectivity index (χ1v) is 15.1. The standard InChI is InChI=1S/C39H28N4O2/c1-2-11-24(12-3-1)37-41-38(30-17-10-16-29-27-14-5-9-20-34(27)45-36(29)30)43-39(42-37)40-32-18-7-4-13-26(32)25-21-22-35-31(23-25)28-15-6-8-19-33(28)44-35/h1-23,37,39-40,42H,(H,41,43). The second-order valence-corrected chi connectivity index (χ2v) is 11.3. The number of furan rings is 2. The van der Waals surface area contributed by atoms with Gasteiger partial charge in [-0.15, -0.1) is 0 Å². The van der Waals surface area contributed by atoms with Gasteiger partial charge in [-0.05, 0) is 47.5 Å². The van der Waals surface area contributed by atoms with Crippen molar-refractivity contribution in [3.8, 4) is 11.1 Å². The van der Waals surface area contributed by atoms with Gasteiger partial charge in [0.2, 0.25) is 0 Å². The molecular formula is C39H28N4O2. The van der Waals surface area contributed by atoms with Gasteiger partial charge in [-0.1, -0.05) is 103 Å². The van der Waals surface area contributed by atoms with Crippen LogP contribution >= 0.6 is 0 Å². The minimum Gasteiger partial charge on any atom is -0.456 e. The number of amidine groups is 1. The van der Waals surface area contributed by atoms with Crippen LogP contribution in [-0.4, -0.2) is 12.1 Å². The van der Waals surface area contributed by atoms with E-state index in [1.807, 2.05) is 48.5 Å². The Morgan fingerprint density at radius 3 is 2.09 bits per heavy atom. The van der Waals surface area contributed by atoms with Crippen molar-refractivity contribution in [3.05, 3.63) is 151 Å². The Balaban J connectivity index is 1.14. The van der Waals surface area contributed by atoms with E-state index in [-0.39, 0.29) is 6.17 Å². The monoisotopic (exact) mass is 584 g/mol. The largest absolute Gasteiger partial charge is 0.456 e. The summed E-state index contributed by atoms with van der Waals surface area (Å²) < 4.78 is 12.5. The van der Waals surface area contributed by atoms with E-state index in [1.165, 1.54) is 0 Å². The van der Waals surface area contributed by atoms with Crippen molar-refractivity contribution in [1.29, 1.82) is 0 Å². The first-order chi connectivity index (χ1) is 22.3. The second-order valence-electron chi connectivity index (χ2n) is 11.3. The van der Waals surface area contributed by atoms with Crippen molar-refractivity contribution in [2.45, 2.75) is 12.5 Å². The third kappa shape index (κ3) is 4.42. The number of para-hydroxylation sites is 4. The molecule has 0 saturated heterocycles. The molecule has 6 heteroatoms. The van der Waals surface area contributed by atoms with E-state index in [0.29, 0.717) is 0 Å². The smallest absolute Gasteiger partial charge is 0.177 e. The predicted molar refractivity (Wildman–Crippen MR) is 182 cm³/mol. The van der Waals surface area contributed by atoms with Crippen LogP contribution in [0.1, 0.15) is 17.3 Å². The molecule has 1 aliphatic rings. The Morgan fingerprint density at radius 2 is 1.22 bits per heavy atom. The van der Waals surface area contributed by atoms with Crippen LogP contribution in [0.4, 0.5) is 5.69 Å². The molecule has 2 atom stereocenters. The summed E-state index contributed by atoms with van der Waals surface area (Å²) in [6.45, 7) is 0. The van der Waals surface area contributed by atoms with Crippen LogP contribution in [0, 0.1) is 0 Å². The summed E-state index contributed by atoms with van der Waals surface area (Å²) in [5.74, 6) is 0.758. The normalized spacial score (nSPS) is 16.7. The van der Waals surface area contributed by atoms with E-state index in [9.17, 15) is 0 Å². The lowest BCUT2D eigenvalue weighted by atomic mass is 10.0. The molecule has 0 spiro atoms. The Labute approximate surface area is 259 Å². The van der Waals surface area contributed by atoms with Gasteiger partial charge in [0, 0.05) is 32.8 Å². The third-order valence-corrected chi connectivity index (χ3v) is 8.56. The average Bonchev–Trinajstić information content (AvgIpc) is 3.67. The minimum atomic E-state index is -0.425. The van der Waals surface area contributed by atoms with Crippen LogP contribution in [-0.2, 0) is 0 Å². The van der Waals surface area contributed by atoms with Crippen molar-refractivity contribution in [1.82, 2.24) is 10.6 Å². The highest BCUT2D eigenvalue weighted by atomic mass is 16.3. The van der Waals surface area contributed by atoms with E-state index in [1.54, 1.807) is 0 Å². The molecule has 1 aliphatic heterocycles. The molecule has 0 radical (unpaired) electrons. The van der Waals surface area contributed by atoms with Crippen LogP contribution in [0.2, 0.25) is 0 Å². The lowest BCUT2D eigenvalue weighted by molar-refractivity contribution is 0.426. The zero-order valence-corrected chi connectivity index (χ0v) is 24.2. The molecule has 8 aromatic rings. The van der Waals surface area contributed by atoms with Crippen LogP contribution in [0.15, 0.2) is 153 Å². The summed E-state index contributed by atoms with van der Waals surface area (Å²) >= 11 is 0. The highest BCUT2D eigenvalue weighted by Gasteiger charge is 2.27. The van der Waals surface area contributed by atoms with Gasteiger partial charge in [-0.3, -0.25) is 5.32 Å². The van der Waals surface area contributed by atoms with Crippen molar-refractivity contribution in [2.24, 2.45) is 4.99 Å². The fraction of sp³-hybridized carbons (Fsp3) is 0.0513. The van der Waals surface area contributed by atoms with E-state index in [2.05, 4.69) is 107 Å². The van der Waals surface area contributed by atoms with Gasteiger partial charge in [0.05, 0.1) is 5.56 Å². The SMILES string of the molecule is c1ccc(C2NC(c3cccc4c3oc3ccccc34)=NC(Nc3ccccc3-c3ccc4oc5ccccc5c4c3)N2)cc1. The Hall–Kier alpha value is -5.85. The van der Waals surface area contributed by atoms with E-state index >= 15 is 0 Å². The first kappa shape index (κ1) is 25.6. The molecule has 6 nitrogen and oxygen atoms in total. The fourth-order valence-corrected chi connectivity index (χ4v) is 6.42. The second kappa shape index (κ2) is 10.4. The van der Waals surface area contributed by atoms with Crippen molar-refractivity contribution in [3.63, 3.8) is 0 Å². The number of nitrogens with zero attached hydrogens (tertiary/aromatic N) is 1. The topological polar surface area (TPSA) is 74.7 Å². The molecule has 0 aliphatic carbocycles. The summed E-state index contributed by atoms with van der Waals surface area (Å²) in [6, 6.07) is 47.7. The maximum Gasteiger partial charge on any atom is 0.177 e. The van der Waals surface area contributed by atoms with Crippen molar-refractivity contribution in [2.75, 3.05) is 5.32 Å². The van der Waals surface area contributed by atoms with Gasteiger partial charge < -0.3 is 19.5 Å². The van der Waals surface area contributed by atoms with Crippen LogP contribution in [0.5, 0.6) is 0 Å². The molecule has 3 heterocycles. The van der Waals surface area contributed by atoms with Crippen LogP contribution in [0.25, 0.3) is 55.0 Å². The van der Waals surface area contributed by atoms with Crippen LogP contribution in [0.3, 0.4) is 0 Å². The average molecular weight is 585 g/mol. The molecule has 6 aromatic carbocycles. The number of aliphatic imine (C=N–C) groups is 1. The lowest BCUT2D eigenvalue weighted by Crippen LogP contribution is -2.51. The first-order valence-electron chi connectivity index (χ1n) is 15.1. The number of rotatable bonds is 5. The Bertz CT molecular complexity index is 2390. The molecule has 9 rings (SSSR count). The molecule has 2 aromatic heterocycles. The number of fused-ring (bicyclic) bond motifs is 6. The molecule has 45 heavy (non-hydrogen) atoms. The zero-order chi connectivity index (χ0) is 29.7. The van der Waals surface area contributed by atoms with Gasteiger partial charge in [-0.2, -0.15) is 0 Å². The van der Waals surface area contributed by atoms with Gasteiger partial charge in [0.25, 0.3) is 0 Å². The molecule has 0 bridgehead atoms. The van der Waals surface area contributed by atoms with E-state index < -0.39 is 6.29 Å². The molecule has 216 valence electrons. The number of hydrogen-bond acceptors (Lipinski definition) is 6. The van der Waals surface area contributed by atoms with E-state index in [4.69, 9.17) is 13.8 Å². The summed E-state index contributed by atoms with van der Waals surface area (Å²) in [4.78, 5) is 5.17. The fourth-order valence-electron chi connectivity index (χ4n) is 6.42. The summed E-state index contributed by atoms with van der Waals surface area (Å²) in [5.41, 5.74) is 8.63. The molecule has 0 saturated carbocycles. The predicted octanol–water partition coefficient (Wildman–Crippen LogP) is 9.19. The van der Waals surface area contributed by atoms with E-state index in [0.717, 1.165) is 77.7 Å². The van der Waals surface area contributed by atoms with Gasteiger partial charge in [0.1, 0.15) is 34.3 Å². The highest BCUT2D eigenvalue weighted by molar-refractivity contribution is 6.15. The molecular weight excluding hydrogens is 556 g/mol. The number of benzene rings is 6. The van der Waals surface area contributed by atoms with Crippen molar-refractivity contribution < 1.29 is 8.83 Å². The van der Waals surface area contributed by atoms with Crippen LogP contribution < -0.4 is 16.0 Å². The Morgan fingerprint density at radius 1 is 0.556 bits per heavy atom. The van der Waals surface area contributed by atoms with Gasteiger partial charge in [0.15, 0.2) is 6.29 Å². The summed E-state index contributed by atoms with van der Waals surface area (Å²) in [6.07, 6.45) is -0.609. The van der Waals surface area contributed by atoms with Gasteiger partial charge >= 0.3 is 0 Å². The Kier molecular flexibility index (Phi) is 5.92. The molecule has 3 N–H and O–H groups in total. The molecule has 0 amide bonds.